The number of nitrogens with two attached hydrogens (primary N) is 1. The Bertz CT molecular complexity index is 594. The quantitative estimate of drug-likeness (QED) is 0.633. The van der Waals surface area contributed by atoms with Crippen molar-refractivity contribution in [1.82, 2.24) is 5.43 Å². The number of pyridine rings is 1. The Kier molecular flexibility index (Phi) is 5.30. The minimum atomic E-state index is -0.503. The molecule has 0 spiro atoms. The first-order chi connectivity index (χ1) is 9.90. The Morgan fingerprint density at radius 2 is 1.90 bits per heavy atom. The highest BCUT2D eigenvalue weighted by Crippen LogP contribution is 2.32. The number of nitrogens with one attached hydrogen (secondary N) is 2. The van der Waals surface area contributed by atoms with E-state index in [1.807, 2.05) is 0 Å². The number of carbonyl (C=O) groups is 1. The van der Waals surface area contributed by atoms with Crippen molar-refractivity contribution in [1.29, 1.82) is 0 Å². The summed E-state index contributed by atoms with van der Waals surface area (Å²) in [5.41, 5.74) is 9.24. The highest BCUT2D eigenvalue weighted by molar-refractivity contribution is 6.45. The van der Waals surface area contributed by atoms with Gasteiger partial charge in [-0.3, -0.25) is 4.79 Å². The normalized spacial score (nSPS) is 18.5. The van der Waals surface area contributed by atoms with E-state index in [4.69, 9.17) is 40.5 Å². The first kappa shape index (κ1) is 16.3. The fourth-order valence-electron chi connectivity index (χ4n) is 2.12. The van der Waals surface area contributed by atoms with Crippen LogP contribution in [0.4, 0.5) is 5.69 Å². The fourth-order valence-corrected chi connectivity index (χ4v) is 2.73. The number of hydrogen-bond acceptors (Lipinski definition) is 3. The molecule has 0 atom stereocenters. The van der Waals surface area contributed by atoms with Crippen LogP contribution in [0.2, 0.25) is 15.2 Å². The molecule has 1 aliphatic carbocycles. The average molecular weight is 351 g/mol. The predicted octanol–water partition coefficient (Wildman–Crippen LogP) is 3.34. The van der Waals surface area contributed by atoms with Crippen molar-refractivity contribution >= 4 is 52.1 Å². The molecule has 1 saturated carbocycles. The summed E-state index contributed by atoms with van der Waals surface area (Å²) in [4.78, 5) is 14.7. The minimum absolute atomic E-state index is 0.0272. The molecule has 1 aromatic rings. The summed E-state index contributed by atoms with van der Waals surface area (Å²) in [6, 6.07) is 0. The molecule has 8 heteroatoms. The Balaban J connectivity index is 2.13. The van der Waals surface area contributed by atoms with Gasteiger partial charge in [0.15, 0.2) is 0 Å². The molecule has 2 rings (SSSR count). The number of aromatic nitrogens is 1. The van der Waals surface area contributed by atoms with Crippen LogP contribution >= 0.6 is 34.8 Å². The zero-order valence-electron chi connectivity index (χ0n) is 11.5. The number of nitrogens with zero attached hydrogens (tertiary/aromatic N) is 1. The van der Waals surface area contributed by atoms with E-state index in [2.05, 4.69) is 22.4 Å². The molecule has 0 radical (unpaired) electrons. The van der Waals surface area contributed by atoms with Gasteiger partial charge >= 0.3 is 5.91 Å². The van der Waals surface area contributed by atoms with E-state index in [1.165, 1.54) is 0 Å². The molecule has 0 unspecified atom stereocenters. The summed E-state index contributed by atoms with van der Waals surface area (Å²) in [7, 11) is 0. The van der Waals surface area contributed by atoms with Crippen molar-refractivity contribution in [2.75, 3.05) is 5.73 Å². The maximum atomic E-state index is 12.1. The van der Waals surface area contributed by atoms with Crippen LogP contribution in [-0.2, 0) is 0 Å². The lowest BCUT2D eigenvalue weighted by molar-refractivity contribution is -0.379. The number of rotatable bonds is 2. The molecule has 1 aliphatic rings. The van der Waals surface area contributed by atoms with Crippen LogP contribution in [0.15, 0.2) is 5.10 Å². The Labute approximate surface area is 137 Å². The van der Waals surface area contributed by atoms with Gasteiger partial charge in [-0.2, -0.15) is 10.1 Å². The molecular formula is C13H16Cl3N4O+. The number of aromatic amines is 1. The van der Waals surface area contributed by atoms with E-state index in [0.717, 1.165) is 31.4 Å². The highest BCUT2D eigenvalue weighted by Gasteiger charge is 2.26. The second-order valence-electron chi connectivity index (χ2n) is 5.16. The molecule has 1 aromatic heterocycles. The van der Waals surface area contributed by atoms with Gasteiger partial charge in [-0.1, -0.05) is 30.1 Å². The average Bonchev–Trinajstić information content (AvgIpc) is 2.48. The molecule has 0 aromatic carbocycles. The van der Waals surface area contributed by atoms with E-state index in [1.54, 1.807) is 0 Å². The van der Waals surface area contributed by atoms with Crippen molar-refractivity contribution < 1.29 is 9.78 Å². The predicted molar refractivity (Wildman–Crippen MR) is 85.0 cm³/mol. The standard InChI is InChI=1S/C13H15Cl3N4O/c1-6-2-4-7(5-3-6)19-20-13(21)11-8(14)10(17)9(15)12(16)18-11/h6H,2-5H2,1H3,(H2,17,18)(H,20,21)/p+1. The summed E-state index contributed by atoms with van der Waals surface area (Å²) >= 11 is 17.7. The van der Waals surface area contributed by atoms with Crippen molar-refractivity contribution in [2.24, 2.45) is 11.0 Å². The molecule has 114 valence electrons. The van der Waals surface area contributed by atoms with Crippen molar-refractivity contribution in [3.63, 3.8) is 0 Å². The summed E-state index contributed by atoms with van der Waals surface area (Å²) in [6.45, 7) is 2.21. The van der Waals surface area contributed by atoms with Gasteiger partial charge in [-0.25, -0.2) is 5.43 Å². The molecule has 0 saturated heterocycles. The molecule has 21 heavy (non-hydrogen) atoms. The Morgan fingerprint density at radius 3 is 2.52 bits per heavy atom. The van der Waals surface area contributed by atoms with Crippen LogP contribution < -0.4 is 16.1 Å². The van der Waals surface area contributed by atoms with Crippen molar-refractivity contribution in [3.8, 4) is 0 Å². The summed E-state index contributed by atoms with van der Waals surface area (Å²) in [6.07, 6.45) is 3.95. The topological polar surface area (TPSA) is 81.6 Å². The lowest BCUT2D eigenvalue weighted by Gasteiger charge is -2.18. The smallest absolute Gasteiger partial charge is 0.337 e. The fraction of sp³-hybridized carbons (Fsp3) is 0.462. The third kappa shape index (κ3) is 3.78. The van der Waals surface area contributed by atoms with E-state index in [0.29, 0.717) is 5.92 Å². The van der Waals surface area contributed by atoms with Crippen LogP contribution in [-0.4, -0.2) is 11.6 Å². The van der Waals surface area contributed by atoms with Gasteiger partial charge in [0.25, 0.3) is 10.8 Å². The molecule has 4 N–H and O–H groups in total. The molecular weight excluding hydrogens is 335 g/mol. The molecule has 0 bridgehead atoms. The number of hydrazone groups is 1. The van der Waals surface area contributed by atoms with E-state index in [-0.39, 0.29) is 26.6 Å². The third-order valence-corrected chi connectivity index (χ3v) is 4.68. The first-order valence-corrected chi connectivity index (χ1v) is 7.74. The number of hydrogen-bond donors (Lipinski definition) is 2. The van der Waals surface area contributed by atoms with Gasteiger partial charge in [0, 0.05) is 5.71 Å². The van der Waals surface area contributed by atoms with Crippen LogP contribution in [0.5, 0.6) is 0 Å². The van der Waals surface area contributed by atoms with Gasteiger partial charge in [0.1, 0.15) is 10.0 Å². The van der Waals surface area contributed by atoms with Crippen LogP contribution in [0.25, 0.3) is 0 Å². The number of carbonyl (C=O) groups excluding carboxylic acids is 1. The zero-order valence-corrected chi connectivity index (χ0v) is 13.7. The lowest BCUT2D eigenvalue weighted by Crippen LogP contribution is -2.29. The number of amides is 1. The molecule has 1 heterocycles. The third-order valence-electron chi connectivity index (χ3n) is 3.51. The van der Waals surface area contributed by atoms with E-state index in [9.17, 15) is 4.79 Å². The number of anilines is 1. The molecule has 0 aliphatic heterocycles. The van der Waals surface area contributed by atoms with Crippen molar-refractivity contribution in [3.05, 3.63) is 20.9 Å². The van der Waals surface area contributed by atoms with Gasteiger partial charge in [-0.15, -0.1) is 0 Å². The SMILES string of the molecule is CC1CCC(=NNC(=O)c2[nH+]c(Cl)c(Cl)c(N)c2Cl)CC1. The van der Waals surface area contributed by atoms with Crippen molar-refractivity contribution in [2.45, 2.75) is 32.6 Å². The van der Waals surface area contributed by atoms with Crippen LogP contribution in [0.3, 0.4) is 0 Å². The minimum Gasteiger partial charge on any atom is -0.396 e. The Hall–Kier alpha value is -1.04. The highest BCUT2D eigenvalue weighted by atomic mass is 35.5. The second-order valence-corrected chi connectivity index (χ2v) is 6.29. The van der Waals surface area contributed by atoms with Gasteiger partial charge < -0.3 is 5.73 Å². The van der Waals surface area contributed by atoms with Gasteiger partial charge in [0.2, 0.25) is 0 Å². The number of halogens is 3. The Morgan fingerprint density at radius 1 is 1.29 bits per heavy atom. The summed E-state index contributed by atoms with van der Waals surface area (Å²) in [5, 5.41) is 4.31. The van der Waals surface area contributed by atoms with Crippen LogP contribution in [0, 0.1) is 5.92 Å². The molecule has 1 amide bonds. The maximum Gasteiger partial charge on any atom is 0.337 e. The lowest BCUT2D eigenvalue weighted by atomic mass is 9.90. The first-order valence-electron chi connectivity index (χ1n) is 6.61. The van der Waals surface area contributed by atoms with E-state index < -0.39 is 5.91 Å². The summed E-state index contributed by atoms with van der Waals surface area (Å²) in [5.74, 6) is 0.202. The monoisotopic (exact) mass is 349 g/mol. The zero-order chi connectivity index (χ0) is 15.6. The van der Waals surface area contributed by atoms with E-state index >= 15 is 0 Å². The second kappa shape index (κ2) is 6.81. The van der Waals surface area contributed by atoms with Gasteiger partial charge in [-0.05, 0) is 43.2 Å². The largest absolute Gasteiger partial charge is 0.396 e. The maximum absolute atomic E-state index is 12.1. The molecule has 1 fully saturated rings. The molecule has 5 nitrogen and oxygen atoms in total. The number of nitrogen functional groups attached to an aromatic ring is 1. The number of H-pyrrole nitrogens is 1. The summed E-state index contributed by atoms with van der Waals surface area (Å²) < 4.78 is 0. The van der Waals surface area contributed by atoms with Crippen LogP contribution in [0.1, 0.15) is 43.1 Å². The van der Waals surface area contributed by atoms with Gasteiger partial charge in [0.05, 0.1) is 5.69 Å².